The summed E-state index contributed by atoms with van der Waals surface area (Å²) in [6.45, 7) is 2.72. The van der Waals surface area contributed by atoms with Crippen molar-refractivity contribution in [2.45, 2.75) is 19.3 Å². The van der Waals surface area contributed by atoms with Gasteiger partial charge in [-0.05, 0) is 31.4 Å². The Hall–Kier alpha value is -2.70. The molecule has 0 spiro atoms. The van der Waals surface area contributed by atoms with E-state index >= 15 is 0 Å². The van der Waals surface area contributed by atoms with Crippen LogP contribution in [-0.4, -0.2) is 48.5 Å². The Morgan fingerprint density at radius 1 is 1.28 bits per heavy atom. The van der Waals surface area contributed by atoms with Crippen LogP contribution in [0.25, 0.3) is 10.9 Å². The van der Waals surface area contributed by atoms with Gasteiger partial charge in [0.25, 0.3) is 0 Å². The highest BCUT2D eigenvalue weighted by Gasteiger charge is 2.27. The number of carbonyl (C=O) groups excluding carboxylic acids is 2. The van der Waals surface area contributed by atoms with Gasteiger partial charge in [0.05, 0.1) is 11.4 Å². The molecule has 1 unspecified atom stereocenters. The van der Waals surface area contributed by atoms with Crippen molar-refractivity contribution in [2.75, 3.05) is 31.1 Å². The van der Waals surface area contributed by atoms with Gasteiger partial charge in [-0.3, -0.25) is 9.59 Å². The molecule has 1 fully saturated rings. The summed E-state index contributed by atoms with van der Waals surface area (Å²) in [5.74, 6) is 0.939. The highest BCUT2D eigenvalue weighted by atomic mass is 16.2. The maximum Gasteiger partial charge on any atom is 0.224 e. The first-order chi connectivity index (χ1) is 12.3. The van der Waals surface area contributed by atoms with Crippen molar-refractivity contribution >= 4 is 29.0 Å². The van der Waals surface area contributed by atoms with E-state index in [1.165, 1.54) is 0 Å². The van der Waals surface area contributed by atoms with E-state index in [2.05, 4.69) is 25.5 Å². The fourth-order valence-corrected chi connectivity index (χ4v) is 3.23. The van der Waals surface area contributed by atoms with Crippen LogP contribution >= 0.6 is 0 Å². The lowest BCUT2D eigenvalue weighted by atomic mass is 9.96. The van der Waals surface area contributed by atoms with Gasteiger partial charge in [-0.15, -0.1) is 0 Å². The second-order valence-corrected chi connectivity index (χ2v) is 6.22. The maximum atomic E-state index is 12.4. The summed E-state index contributed by atoms with van der Waals surface area (Å²) in [6.07, 6.45) is 4.84. The Morgan fingerprint density at radius 2 is 2.16 bits per heavy atom. The molecule has 0 saturated carbocycles. The Balaban J connectivity index is 1.62. The number of nitrogens with one attached hydrogen (secondary N) is 2. The van der Waals surface area contributed by atoms with Gasteiger partial charge < -0.3 is 15.5 Å². The van der Waals surface area contributed by atoms with Gasteiger partial charge in [0.15, 0.2) is 0 Å². The minimum Gasteiger partial charge on any atom is -0.359 e. The number of anilines is 1. The smallest absolute Gasteiger partial charge is 0.224 e. The Kier molecular flexibility index (Phi) is 5.77. The molecule has 1 aromatic heterocycles. The Labute approximate surface area is 146 Å². The zero-order valence-corrected chi connectivity index (χ0v) is 14.1. The van der Waals surface area contributed by atoms with Gasteiger partial charge in [-0.25, -0.2) is 9.97 Å². The summed E-state index contributed by atoms with van der Waals surface area (Å²) in [4.78, 5) is 33.6. The van der Waals surface area contributed by atoms with Crippen molar-refractivity contribution in [3.8, 4) is 0 Å². The Bertz CT molecular complexity index is 731. The summed E-state index contributed by atoms with van der Waals surface area (Å²) in [5.41, 5.74) is 0.918. The molecule has 1 saturated heterocycles. The predicted molar refractivity (Wildman–Crippen MR) is 96.2 cm³/mol. The average Bonchev–Trinajstić information content (AvgIpc) is 2.67. The molecule has 7 heteroatoms. The molecule has 7 nitrogen and oxygen atoms in total. The van der Waals surface area contributed by atoms with E-state index < -0.39 is 0 Å². The third-order valence-corrected chi connectivity index (χ3v) is 4.49. The van der Waals surface area contributed by atoms with E-state index in [-0.39, 0.29) is 11.8 Å². The van der Waals surface area contributed by atoms with Crippen LogP contribution in [0.3, 0.4) is 0 Å². The van der Waals surface area contributed by atoms with Crippen LogP contribution in [0.5, 0.6) is 0 Å². The average molecular weight is 341 g/mol. The number of hydrogen-bond acceptors (Lipinski definition) is 5. The molecular weight excluding hydrogens is 318 g/mol. The fraction of sp³-hybridized carbons (Fsp3) is 0.444. The van der Waals surface area contributed by atoms with Crippen LogP contribution in [0, 0.1) is 5.92 Å². The number of carbonyl (C=O) groups is 2. The molecule has 1 aromatic carbocycles. The lowest BCUT2D eigenvalue weighted by Gasteiger charge is -2.33. The van der Waals surface area contributed by atoms with Gasteiger partial charge >= 0.3 is 0 Å². The van der Waals surface area contributed by atoms with Crippen molar-refractivity contribution in [3.05, 3.63) is 30.6 Å². The van der Waals surface area contributed by atoms with E-state index in [0.29, 0.717) is 26.0 Å². The SMILES string of the molecule is O=CNCCCNC(=O)C1CCCN(c2ncnc3ccccc23)C1. The standard InChI is InChI=1S/C18H23N5O2/c24-13-19-8-4-9-20-18(25)14-5-3-10-23(11-14)17-15-6-1-2-7-16(15)21-12-22-17/h1-2,6-7,12-14H,3-5,8-11H2,(H,19,24)(H,20,25). The van der Waals surface area contributed by atoms with E-state index in [0.717, 1.165) is 42.5 Å². The minimum atomic E-state index is -0.0403. The van der Waals surface area contributed by atoms with Gasteiger partial charge in [0.2, 0.25) is 12.3 Å². The largest absolute Gasteiger partial charge is 0.359 e. The number of piperidine rings is 1. The highest BCUT2D eigenvalue weighted by Crippen LogP contribution is 2.27. The Morgan fingerprint density at radius 3 is 3.04 bits per heavy atom. The number of para-hydroxylation sites is 1. The first-order valence-corrected chi connectivity index (χ1v) is 8.69. The summed E-state index contributed by atoms with van der Waals surface area (Å²) in [6, 6.07) is 7.94. The second kappa shape index (κ2) is 8.41. The van der Waals surface area contributed by atoms with Crippen LogP contribution in [0.4, 0.5) is 5.82 Å². The molecule has 2 heterocycles. The van der Waals surface area contributed by atoms with E-state index in [9.17, 15) is 9.59 Å². The molecule has 1 aliphatic rings. The van der Waals surface area contributed by atoms with Crippen LogP contribution < -0.4 is 15.5 Å². The van der Waals surface area contributed by atoms with Gasteiger partial charge in [-0.2, -0.15) is 0 Å². The number of hydrogen-bond donors (Lipinski definition) is 2. The zero-order chi connectivity index (χ0) is 17.5. The molecule has 0 radical (unpaired) electrons. The minimum absolute atomic E-state index is 0.0403. The first-order valence-electron chi connectivity index (χ1n) is 8.69. The monoisotopic (exact) mass is 341 g/mol. The summed E-state index contributed by atoms with van der Waals surface area (Å²) >= 11 is 0. The van der Waals surface area contributed by atoms with Crippen LogP contribution in [-0.2, 0) is 9.59 Å². The first kappa shape index (κ1) is 17.1. The molecule has 1 atom stereocenters. The lowest BCUT2D eigenvalue weighted by molar-refractivity contribution is -0.125. The summed E-state index contributed by atoms with van der Waals surface area (Å²) < 4.78 is 0. The third kappa shape index (κ3) is 4.23. The van der Waals surface area contributed by atoms with Crippen LogP contribution in [0.2, 0.25) is 0 Å². The molecule has 2 N–H and O–H groups in total. The number of rotatable bonds is 7. The number of benzene rings is 1. The normalized spacial score (nSPS) is 17.3. The van der Waals surface area contributed by atoms with E-state index in [1.807, 2.05) is 24.3 Å². The second-order valence-electron chi connectivity index (χ2n) is 6.22. The summed E-state index contributed by atoms with van der Waals surface area (Å²) in [5, 5.41) is 6.58. The van der Waals surface area contributed by atoms with Crippen LogP contribution in [0.1, 0.15) is 19.3 Å². The van der Waals surface area contributed by atoms with Gasteiger partial charge in [0.1, 0.15) is 12.1 Å². The van der Waals surface area contributed by atoms with Crippen molar-refractivity contribution < 1.29 is 9.59 Å². The maximum absolute atomic E-state index is 12.4. The van der Waals surface area contributed by atoms with Crippen LogP contribution in [0.15, 0.2) is 30.6 Å². The van der Waals surface area contributed by atoms with E-state index in [4.69, 9.17) is 0 Å². The topological polar surface area (TPSA) is 87.2 Å². The molecule has 2 aromatic rings. The molecular formula is C18H23N5O2. The quantitative estimate of drug-likeness (QED) is 0.582. The molecule has 0 bridgehead atoms. The van der Waals surface area contributed by atoms with Gasteiger partial charge in [0, 0.05) is 31.6 Å². The third-order valence-electron chi connectivity index (χ3n) is 4.49. The molecule has 0 aliphatic carbocycles. The zero-order valence-electron chi connectivity index (χ0n) is 14.1. The predicted octanol–water partition coefficient (Wildman–Crippen LogP) is 1.10. The number of fused-ring (bicyclic) bond motifs is 1. The fourth-order valence-electron chi connectivity index (χ4n) is 3.23. The van der Waals surface area contributed by atoms with Crippen molar-refractivity contribution in [1.82, 2.24) is 20.6 Å². The van der Waals surface area contributed by atoms with Gasteiger partial charge in [-0.1, -0.05) is 12.1 Å². The number of amides is 2. The number of aromatic nitrogens is 2. The van der Waals surface area contributed by atoms with E-state index in [1.54, 1.807) is 6.33 Å². The molecule has 2 amide bonds. The summed E-state index contributed by atoms with van der Waals surface area (Å²) in [7, 11) is 0. The molecule has 132 valence electrons. The highest BCUT2D eigenvalue weighted by molar-refractivity contribution is 5.89. The van der Waals surface area contributed by atoms with Crippen molar-refractivity contribution in [2.24, 2.45) is 5.92 Å². The number of nitrogens with zero attached hydrogens (tertiary/aromatic N) is 3. The molecule has 1 aliphatic heterocycles. The molecule has 25 heavy (non-hydrogen) atoms. The lowest BCUT2D eigenvalue weighted by Crippen LogP contribution is -2.43. The van der Waals surface area contributed by atoms with Crippen molar-refractivity contribution in [1.29, 1.82) is 0 Å². The molecule has 3 rings (SSSR count). The van der Waals surface area contributed by atoms with Crippen molar-refractivity contribution in [3.63, 3.8) is 0 Å².